The molecular weight excluding hydrogens is 272 g/mol. The lowest BCUT2D eigenvalue weighted by Gasteiger charge is -2.26. The molecule has 0 saturated heterocycles. The smallest absolute Gasteiger partial charge is 0.185 e. The summed E-state index contributed by atoms with van der Waals surface area (Å²) >= 11 is 5.95. The zero-order chi connectivity index (χ0) is 12.6. The second-order valence-electron chi connectivity index (χ2n) is 3.65. The Labute approximate surface area is 102 Å². The van der Waals surface area contributed by atoms with E-state index in [1.54, 1.807) is 20.8 Å². The Morgan fingerprint density at radius 2 is 1.50 bits per heavy atom. The Kier molecular flexibility index (Phi) is 3.98. The van der Waals surface area contributed by atoms with Crippen LogP contribution in [0.2, 0.25) is 0 Å². The van der Waals surface area contributed by atoms with Crippen LogP contribution in [0.1, 0.15) is 20.8 Å². The summed E-state index contributed by atoms with van der Waals surface area (Å²) in [7, 11) is -4.89. The third-order valence-electron chi connectivity index (χ3n) is 2.73. The third-order valence-corrected chi connectivity index (χ3v) is 5.45. The molecule has 0 N–H and O–H groups in total. The zero-order valence-corrected chi connectivity index (χ0v) is 11.4. The molecule has 0 amide bonds. The second-order valence-corrected chi connectivity index (χ2v) is 5.91. The van der Waals surface area contributed by atoms with Crippen LogP contribution in [-0.4, -0.2) is 26.6 Å². The van der Waals surface area contributed by atoms with Gasteiger partial charge in [0.05, 0.1) is 9.73 Å². The molecular formula is C9H11ClO4S2. The van der Waals surface area contributed by atoms with Crippen molar-refractivity contribution >= 4 is 41.9 Å². The minimum absolute atomic E-state index is 0.0577. The van der Waals surface area contributed by atoms with Gasteiger partial charge >= 0.3 is 0 Å². The highest BCUT2D eigenvalue weighted by Crippen LogP contribution is 2.31. The highest BCUT2D eigenvalue weighted by atomic mass is 35.5. The van der Waals surface area contributed by atoms with E-state index in [4.69, 9.17) is 11.6 Å². The van der Waals surface area contributed by atoms with Crippen molar-refractivity contribution < 1.29 is 16.8 Å². The maximum Gasteiger partial charge on any atom is 0.218 e. The monoisotopic (exact) mass is 282 g/mol. The van der Waals surface area contributed by atoms with Crippen LogP contribution < -0.4 is 0 Å². The molecule has 0 radical (unpaired) electrons. The minimum Gasteiger partial charge on any atom is -0.185 e. The van der Waals surface area contributed by atoms with Crippen molar-refractivity contribution in [2.24, 2.45) is 11.8 Å². The lowest BCUT2D eigenvalue weighted by atomic mass is 9.84. The Bertz CT molecular complexity index is 606. The van der Waals surface area contributed by atoms with Gasteiger partial charge in [0.15, 0.2) is 0 Å². The lowest BCUT2D eigenvalue weighted by molar-refractivity contribution is 0.625. The molecule has 0 aromatic heterocycles. The average molecular weight is 283 g/mol. The van der Waals surface area contributed by atoms with E-state index in [2.05, 4.69) is 0 Å². The highest BCUT2D eigenvalue weighted by Gasteiger charge is 2.34. The molecule has 0 aliphatic heterocycles. The topological polar surface area (TPSA) is 68.3 Å². The summed E-state index contributed by atoms with van der Waals surface area (Å²) in [5.41, 5.74) is 0.448. The van der Waals surface area contributed by atoms with E-state index < -0.39 is 32.4 Å². The molecule has 7 heteroatoms. The molecule has 1 aliphatic rings. The van der Waals surface area contributed by atoms with Crippen LogP contribution >= 0.6 is 11.6 Å². The molecule has 0 spiro atoms. The van der Waals surface area contributed by atoms with Crippen molar-refractivity contribution in [1.82, 2.24) is 0 Å². The molecule has 16 heavy (non-hydrogen) atoms. The molecule has 0 aromatic carbocycles. The predicted molar refractivity (Wildman–Crippen MR) is 64.7 cm³/mol. The maximum absolute atomic E-state index is 11.1. The van der Waals surface area contributed by atoms with Crippen LogP contribution in [0.5, 0.6) is 0 Å². The van der Waals surface area contributed by atoms with Crippen LogP contribution in [0.3, 0.4) is 0 Å². The molecule has 2 unspecified atom stereocenters. The van der Waals surface area contributed by atoms with Gasteiger partial charge in [0.2, 0.25) is 20.6 Å². The fourth-order valence-corrected chi connectivity index (χ4v) is 3.96. The number of hydrogen-bond donors (Lipinski definition) is 0. The van der Waals surface area contributed by atoms with Gasteiger partial charge in [0, 0.05) is 16.9 Å². The van der Waals surface area contributed by atoms with Gasteiger partial charge < -0.3 is 0 Å². The first kappa shape index (κ1) is 13.5. The predicted octanol–water partition coefficient (Wildman–Crippen LogP) is 0.888. The molecule has 90 valence electrons. The highest BCUT2D eigenvalue weighted by molar-refractivity contribution is 7.75. The molecule has 0 heterocycles. The minimum atomic E-state index is -2.45. The van der Waals surface area contributed by atoms with E-state index in [-0.39, 0.29) is 14.8 Å². The van der Waals surface area contributed by atoms with Gasteiger partial charge in [-0.1, -0.05) is 25.4 Å². The number of hydrogen-bond acceptors (Lipinski definition) is 4. The van der Waals surface area contributed by atoms with Crippen molar-refractivity contribution in [3.05, 3.63) is 10.6 Å². The summed E-state index contributed by atoms with van der Waals surface area (Å²) in [6.07, 6.45) is 0. The standard InChI is InChI=1S/C9H11ClO4S2/c1-4-7(10)5(2)9(16(13)14)6(3)8(4)15(11)12/h4,6H,1-3H3. The van der Waals surface area contributed by atoms with E-state index in [0.717, 1.165) is 0 Å². The van der Waals surface area contributed by atoms with Crippen molar-refractivity contribution in [1.29, 1.82) is 0 Å². The Hall–Kier alpha value is -0.590. The maximum atomic E-state index is 11.1. The summed E-state index contributed by atoms with van der Waals surface area (Å²) in [5, 5.41) is 0.275. The molecule has 0 bridgehead atoms. The Morgan fingerprint density at radius 3 is 1.88 bits per heavy atom. The SMILES string of the molecule is CC1=C(Cl)C(C)C(=S(=O)=O)C(C)C1=S(=O)=O. The molecule has 0 fully saturated rings. The van der Waals surface area contributed by atoms with Gasteiger partial charge in [-0.05, 0) is 12.5 Å². The Morgan fingerprint density at radius 1 is 1.00 bits per heavy atom. The van der Waals surface area contributed by atoms with Crippen molar-refractivity contribution in [3.63, 3.8) is 0 Å². The summed E-state index contributed by atoms with van der Waals surface area (Å²) in [6.45, 7) is 4.79. The first-order valence-corrected chi connectivity index (χ1v) is 7.10. The summed E-state index contributed by atoms with van der Waals surface area (Å²) in [5.74, 6) is -1.10. The van der Waals surface area contributed by atoms with Crippen LogP contribution in [0.4, 0.5) is 0 Å². The summed E-state index contributed by atoms with van der Waals surface area (Å²) in [6, 6.07) is 0. The quantitative estimate of drug-likeness (QED) is 0.619. The van der Waals surface area contributed by atoms with Gasteiger partial charge in [-0.25, -0.2) is 0 Å². The van der Waals surface area contributed by atoms with Gasteiger partial charge in [0.1, 0.15) is 0 Å². The van der Waals surface area contributed by atoms with Gasteiger partial charge in [0.25, 0.3) is 0 Å². The van der Waals surface area contributed by atoms with Gasteiger partial charge in [-0.15, -0.1) is 0 Å². The first-order chi connectivity index (χ1) is 7.29. The van der Waals surface area contributed by atoms with Gasteiger partial charge in [-0.3, -0.25) is 0 Å². The lowest BCUT2D eigenvalue weighted by Crippen LogP contribution is -2.34. The molecule has 4 nitrogen and oxygen atoms in total. The second kappa shape index (κ2) is 4.73. The summed E-state index contributed by atoms with van der Waals surface area (Å²) in [4.78, 5) is 0.178. The van der Waals surface area contributed by atoms with E-state index in [0.29, 0.717) is 5.57 Å². The molecule has 1 aliphatic carbocycles. The van der Waals surface area contributed by atoms with E-state index in [9.17, 15) is 16.8 Å². The fourth-order valence-electron chi connectivity index (χ4n) is 1.95. The van der Waals surface area contributed by atoms with E-state index >= 15 is 0 Å². The largest absolute Gasteiger partial charge is 0.218 e. The van der Waals surface area contributed by atoms with Crippen molar-refractivity contribution in [2.45, 2.75) is 20.8 Å². The first-order valence-electron chi connectivity index (χ1n) is 4.57. The van der Waals surface area contributed by atoms with E-state index in [1.807, 2.05) is 0 Å². The van der Waals surface area contributed by atoms with Crippen LogP contribution in [-0.2, 0) is 20.6 Å². The number of allylic oxidation sites excluding steroid dienone is 2. The van der Waals surface area contributed by atoms with Gasteiger partial charge in [-0.2, -0.15) is 16.8 Å². The fraction of sp³-hybridized carbons (Fsp3) is 0.556. The normalized spacial score (nSPS) is 26.0. The molecule has 0 aromatic rings. The Balaban J connectivity index is 3.78. The third kappa shape index (κ3) is 2.09. The summed E-state index contributed by atoms with van der Waals surface area (Å²) < 4.78 is 44.2. The zero-order valence-electron chi connectivity index (χ0n) is 8.98. The number of rotatable bonds is 0. The van der Waals surface area contributed by atoms with E-state index in [1.165, 1.54) is 0 Å². The number of halogens is 1. The molecule has 2 atom stereocenters. The molecule has 0 saturated carbocycles. The van der Waals surface area contributed by atoms with Crippen molar-refractivity contribution in [3.8, 4) is 0 Å². The molecule has 1 rings (SSSR count). The van der Waals surface area contributed by atoms with Crippen molar-refractivity contribution in [2.75, 3.05) is 0 Å². The average Bonchev–Trinajstić information content (AvgIpc) is 2.13. The van der Waals surface area contributed by atoms with Crippen LogP contribution in [0.15, 0.2) is 10.6 Å². The van der Waals surface area contributed by atoms with Crippen LogP contribution in [0, 0.1) is 11.8 Å². The van der Waals surface area contributed by atoms with Crippen LogP contribution in [0.25, 0.3) is 0 Å².